The molecule has 3 rings (SSSR count). The van der Waals surface area contributed by atoms with Crippen LogP contribution >= 0.6 is 0 Å². The second kappa shape index (κ2) is 5.25. The molecule has 0 N–H and O–H groups in total. The van der Waals surface area contributed by atoms with Gasteiger partial charge in [0.05, 0.1) is 0 Å². The molecule has 0 spiro atoms. The second-order valence-electron chi connectivity index (χ2n) is 6.02. The molecule has 0 atom stereocenters. The molecule has 1 aliphatic rings. The van der Waals surface area contributed by atoms with E-state index >= 15 is 0 Å². The molecule has 0 saturated heterocycles. The number of hydrogen-bond acceptors (Lipinski definition) is 1. The minimum Gasteiger partial charge on any atom is -0.347 e. The van der Waals surface area contributed by atoms with Gasteiger partial charge in [0.25, 0.3) is 0 Å². The van der Waals surface area contributed by atoms with Crippen molar-refractivity contribution < 1.29 is 0 Å². The Labute approximate surface area is 127 Å². The molecule has 2 aromatic rings. The number of fused-ring (bicyclic) bond motifs is 1. The molecule has 1 heterocycles. The molecule has 1 aliphatic heterocycles. The van der Waals surface area contributed by atoms with E-state index in [1.165, 1.54) is 22.5 Å². The molecule has 1 heteroatoms. The highest BCUT2D eigenvalue weighted by atomic mass is 15.2. The van der Waals surface area contributed by atoms with Gasteiger partial charge >= 0.3 is 0 Å². The molecule has 0 fully saturated rings. The van der Waals surface area contributed by atoms with Gasteiger partial charge in [0, 0.05) is 23.8 Å². The van der Waals surface area contributed by atoms with E-state index in [1.807, 2.05) is 6.07 Å². The minimum absolute atomic E-state index is 0.0480. The quantitative estimate of drug-likeness (QED) is 0.744. The van der Waals surface area contributed by atoms with Crippen LogP contribution in [0, 0.1) is 0 Å². The number of rotatable bonds is 2. The van der Waals surface area contributed by atoms with E-state index in [9.17, 15) is 0 Å². The summed E-state index contributed by atoms with van der Waals surface area (Å²) in [6.07, 6.45) is 6.53. The standard InChI is InChI=1S/C20H21N/c1-20(2)17-13-7-8-14-18(17)21(3)19(20)15-9-12-16-10-5-4-6-11-16/h4-15H,1-3H3. The minimum atomic E-state index is 0.0480. The van der Waals surface area contributed by atoms with E-state index in [0.29, 0.717) is 0 Å². The predicted molar refractivity (Wildman–Crippen MR) is 91.4 cm³/mol. The third-order valence-electron chi connectivity index (χ3n) is 4.28. The summed E-state index contributed by atoms with van der Waals surface area (Å²) in [6, 6.07) is 19.1. The van der Waals surface area contributed by atoms with Crippen molar-refractivity contribution in [3.63, 3.8) is 0 Å². The first kappa shape index (κ1) is 13.7. The van der Waals surface area contributed by atoms with Crippen LogP contribution in [0.15, 0.2) is 72.4 Å². The second-order valence-corrected chi connectivity index (χ2v) is 6.02. The zero-order chi connectivity index (χ0) is 14.9. The smallest absolute Gasteiger partial charge is 0.0447 e. The van der Waals surface area contributed by atoms with Crippen molar-refractivity contribution in [2.75, 3.05) is 11.9 Å². The Kier molecular flexibility index (Phi) is 3.42. The Morgan fingerprint density at radius 1 is 0.905 bits per heavy atom. The maximum absolute atomic E-state index is 2.30. The molecular weight excluding hydrogens is 254 g/mol. The zero-order valence-electron chi connectivity index (χ0n) is 12.9. The van der Waals surface area contributed by atoms with Crippen LogP contribution in [0.5, 0.6) is 0 Å². The Morgan fingerprint density at radius 3 is 2.29 bits per heavy atom. The molecule has 0 radical (unpaired) electrons. The number of benzene rings is 2. The van der Waals surface area contributed by atoms with Crippen LogP contribution in [-0.4, -0.2) is 7.05 Å². The lowest BCUT2D eigenvalue weighted by atomic mass is 9.84. The molecule has 0 aromatic heterocycles. The number of anilines is 1. The molecule has 1 nitrogen and oxygen atoms in total. The van der Waals surface area contributed by atoms with Gasteiger partial charge in [0.1, 0.15) is 0 Å². The molecule has 0 aliphatic carbocycles. The fourth-order valence-electron chi connectivity index (χ4n) is 3.12. The first-order valence-electron chi connectivity index (χ1n) is 7.38. The zero-order valence-corrected chi connectivity index (χ0v) is 12.9. The van der Waals surface area contributed by atoms with Crippen LogP contribution in [0.1, 0.15) is 25.0 Å². The Bertz CT molecular complexity index is 693. The third kappa shape index (κ3) is 2.40. The van der Waals surface area contributed by atoms with Crippen molar-refractivity contribution in [1.82, 2.24) is 0 Å². The number of hydrogen-bond donors (Lipinski definition) is 0. The Morgan fingerprint density at radius 2 is 1.57 bits per heavy atom. The SMILES string of the molecule is CN1C(=CC=Cc2ccccc2)C(C)(C)c2ccccc21. The summed E-state index contributed by atoms with van der Waals surface area (Å²) in [6.45, 7) is 4.58. The van der Waals surface area contributed by atoms with E-state index < -0.39 is 0 Å². The first-order valence-corrected chi connectivity index (χ1v) is 7.38. The van der Waals surface area contributed by atoms with Gasteiger partial charge in [-0.15, -0.1) is 0 Å². The first-order chi connectivity index (χ1) is 10.1. The molecule has 0 unspecified atom stereocenters. The van der Waals surface area contributed by atoms with Crippen molar-refractivity contribution in [3.8, 4) is 0 Å². The van der Waals surface area contributed by atoms with Crippen LogP contribution in [0.25, 0.3) is 6.08 Å². The predicted octanol–water partition coefficient (Wildman–Crippen LogP) is 5.01. The number of allylic oxidation sites excluding steroid dienone is 3. The molecule has 21 heavy (non-hydrogen) atoms. The molecule has 0 saturated carbocycles. The summed E-state index contributed by atoms with van der Waals surface area (Å²) < 4.78 is 0. The normalized spacial score (nSPS) is 18.4. The molecule has 0 amide bonds. The van der Waals surface area contributed by atoms with Crippen molar-refractivity contribution >= 4 is 11.8 Å². The summed E-state index contributed by atoms with van der Waals surface area (Å²) in [5.74, 6) is 0. The van der Waals surface area contributed by atoms with E-state index in [-0.39, 0.29) is 5.41 Å². The van der Waals surface area contributed by atoms with Gasteiger partial charge in [-0.05, 0) is 23.3 Å². The lowest BCUT2D eigenvalue weighted by molar-refractivity contribution is 0.640. The average molecular weight is 275 g/mol. The van der Waals surface area contributed by atoms with E-state index in [4.69, 9.17) is 0 Å². The van der Waals surface area contributed by atoms with E-state index in [2.05, 4.69) is 92.6 Å². The van der Waals surface area contributed by atoms with E-state index in [0.717, 1.165) is 0 Å². The van der Waals surface area contributed by atoms with Gasteiger partial charge in [-0.1, -0.05) is 74.5 Å². The lowest BCUT2D eigenvalue weighted by Gasteiger charge is -2.23. The average Bonchev–Trinajstić information content (AvgIpc) is 2.70. The monoisotopic (exact) mass is 275 g/mol. The fraction of sp³-hybridized carbons (Fsp3) is 0.200. The number of nitrogens with zero attached hydrogens (tertiary/aromatic N) is 1. The summed E-state index contributed by atoms with van der Waals surface area (Å²) in [5, 5.41) is 0. The summed E-state index contributed by atoms with van der Waals surface area (Å²) in [4.78, 5) is 2.30. The maximum atomic E-state index is 2.30. The van der Waals surface area contributed by atoms with Crippen LogP contribution in [-0.2, 0) is 5.41 Å². The van der Waals surface area contributed by atoms with Crippen LogP contribution in [0.4, 0.5) is 5.69 Å². The largest absolute Gasteiger partial charge is 0.347 e. The van der Waals surface area contributed by atoms with E-state index in [1.54, 1.807) is 0 Å². The number of para-hydroxylation sites is 1. The van der Waals surface area contributed by atoms with Crippen LogP contribution in [0.3, 0.4) is 0 Å². The molecule has 0 bridgehead atoms. The van der Waals surface area contributed by atoms with Crippen molar-refractivity contribution in [2.45, 2.75) is 19.3 Å². The third-order valence-corrected chi connectivity index (χ3v) is 4.28. The van der Waals surface area contributed by atoms with Crippen molar-refractivity contribution in [1.29, 1.82) is 0 Å². The van der Waals surface area contributed by atoms with Gasteiger partial charge in [-0.2, -0.15) is 0 Å². The number of likely N-dealkylation sites (N-methyl/N-ethyl adjacent to an activating group) is 1. The lowest BCUT2D eigenvalue weighted by Crippen LogP contribution is -2.22. The summed E-state index contributed by atoms with van der Waals surface area (Å²) >= 11 is 0. The highest BCUT2D eigenvalue weighted by Crippen LogP contribution is 2.46. The Hall–Kier alpha value is -2.28. The summed E-state index contributed by atoms with van der Waals surface area (Å²) in [5.41, 5.74) is 5.31. The Balaban J connectivity index is 1.93. The molecule has 2 aromatic carbocycles. The maximum Gasteiger partial charge on any atom is 0.0447 e. The van der Waals surface area contributed by atoms with Gasteiger partial charge in [-0.3, -0.25) is 0 Å². The van der Waals surface area contributed by atoms with Crippen LogP contribution < -0.4 is 4.90 Å². The fourth-order valence-corrected chi connectivity index (χ4v) is 3.12. The van der Waals surface area contributed by atoms with Gasteiger partial charge in [0.15, 0.2) is 0 Å². The van der Waals surface area contributed by atoms with Gasteiger partial charge in [0.2, 0.25) is 0 Å². The van der Waals surface area contributed by atoms with Crippen LogP contribution in [0.2, 0.25) is 0 Å². The highest BCUT2D eigenvalue weighted by molar-refractivity contribution is 5.70. The summed E-state index contributed by atoms with van der Waals surface area (Å²) in [7, 11) is 2.15. The topological polar surface area (TPSA) is 3.24 Å². The van der Waals surface area contributed by atoms with Crippen molar-refractivity contribution in [2.24, 2.45) is 0 Å². The van der Waals surface area contributed by atoms with Gasteiger partial charge < -0.3 is 4.90 Å². The van der Waals surface area contributed by atoms with Gasteiger partial charge in [-0.25, -0.2) is 0 Å². The van der Waals surface area contributed by atoms with Crippen molar-refractivity contribution in [3.05, 3.63) is 83.6 Å². The highest BCUT2D eigenvalue weighted by Gasteiger charge is 2.37. The molecule has 106 valence electrons. The molecular formula is C20H21N.